The van der Waals surface area contributed by atoms with E-state index in [1.807, 2.05) is 17.0 Å². The number of amides is 1. The normalized spacial score (nSPS) is 23.5. The van der Waals surface area contributed by atoms with Crippen molar-refractivity contribution in [1.82, 2.24) is 10.2 Å². The number of nitrogens with one attached hydrogen (secondary N) is 1. The predicted molar refractivity (Wildman–Crippen MR) is 60.2 cm³/mol. The van der Waals surface area contributed by atoms with E-state index in [1.54, 1.807) is 0 Å². The van der Waals surface area contributed by atoms with E-state index >= 15 is 0 Å². The van der Waals surface area contributed by atoms with Gasteiger partial charge in [0.2, 0.25) is 5.91 Å². The number of carbonyl (C=O) groups is 1. The van der Waals surface area contributed by atoms with Gasteiger partial charge in [-0.05, 0) is 23.3 Å². The number of thiocarbonyl (C=S) groups is 1. The van der Waals surface area contributed by atoms with Gasteiger partial charge in [-0.15, -0.1) is 0 Å². The maximum absolute atomic E-state index is 11.6. The van der Waals surface area contributed by atoms with Crippen LogP contribution in [0.4, 0.5) is 0 Å². The summed E-state index contributed by atoms with van der Waals surface area (Å²) in [6.45, 7) is 0.748. The number of hydrogen-bond donors (Lipinski definition) is 1. The molecule has 0 aliphatic carbocycles. The lowest BCUT2D eigenvalue weighted by Crippen LogP contribution is -2.39. The molecule has 4 heteroatoms. The fraction of sp³-hybridized carbons (Fsp3) is 0.273. The van der Waals surface area contributed by atoms with Crippen LogP contribution in [0.15, 0.2) is 24.3 Å². The SMILES string of the molecule is O=C1NC(=S)N2Cc3ccccc3CC12. The zero-order valence-electron chi connectivity index (χ0n) is 8.06. The third kappa shape index (κ3) is 1.25. The molecular formula is C11H10N2OS. The second-order valence-electron chi connectivity index (χ2n) is 3.91. The Kier molecular flexibility index (Phi) is 1.79. The lowest BCUT2D eigenvalue weighted by atomic mass is 9.95. The Labute approximate surface area is 93.1 Å². The standard InChI is InChI=1S/C11H10N2OS/c14-10-9-5-7-3-1-2-4-8(7)6-13(9)11(15)12-10/h1-4,9H,5-6H2,(H,12,14,15). The zero-order valence-corrected chi connectivity index (χ0v) is 8.88. The van der Waals surface area contributed by atoms with Crippen molar-refractivity contribution in [2.45, 2.75) is 19.0 Å². The van der Waals surface area contributed by atoms with Gasteiger partial charge in [-0.1, -0.05) is 24.3 Å². The number of fused-ring (bicyclic) bond motifs is 2. The van der Waals surface area contributed by atoms with Gasteiger partial charge in [-0.2, -0.15) is 0 Å². The van der Waals surface area contributed by atoms with Crippen LogP contribution in [0.25, 0.3) is 0 Å². The first-order valence-electron chi connectivity index (χ1n) is 4.94. The van der Waals surface area contributed by atoms with E-state index < -0.39 is 0 Å². The fourth-order valence-electron chi connectivity index (χ4n) is 2.23. The van der Waals surface area contributed by atoms with E-state index in [-0.39, 0.29) is 11.9 Å². The third-order valence-electron chi connectivity index (χ3n) is 3.04. The predicted octanol–water partition coefficient (Wildman–Crippen LogP) is 0.828. The minimum Gasteiger partial charge on any atom is -0.332 e. The Hall–Kier alpha value is -1.42. The summed E-state index contributed by atoms with van der Waals surface area (Å²) in [5.41, 5.74) is 2.53. The maximum Gasteiger partial charge on any atom is 0.249 e. The molecule has 0 radical (unpaired) electrons. The molecule has 0 spiro atoms. The van der Waals surface area contributed by atoms with Gasteiger partial charge in [0, 0.05) is 13.0 Å². The van der Waals surface area contributed by atoms with Gasteiger partial charge in [0.25, 0.3) is 0 Å². The van der Waals surface area contributed by atoms with Gasteiger partial charge in [0.1, 0.15) is 6.04 Å². The van der Waals surface area contributed by atoms with Gasteiger partial charge < -0.3 is 10.2 Å². The minimum atomic E-state index is -0.0904. The lowest BCUT2D eigenvalue weighted by Gasteiger charge is -2.30. The Morgan fingerprint density at radius 1 is 1.33 bits per heavy atom. The van der Waals surface area contributed by atoms with E-state index in [4.69, 9.17) is 12.2 Å². The molecule has 1 unspecified atom stereocenters. The fourth-order valence-corrected chi connectivity index (χ4v) is 2.52. The van der Waals surface area contributed by atoms with Crippen molar-refractivity contribution in [2.75, 3.05) is 0 Å². The molecular weight excluding hydrogens is 208 g/mol. The molecule has 1 aromatic carbocycles. The van der Waals surface area contributed by atoms with Crippen LogP contribution in [0.5, 0.6) is 0 Å². The summed E-state index contributed by atoms with van der Waals surface area (Å²) < 4.78 is 0. The smallest absolute Gasteiger partial charge is 0.249 e. The summed E-state index contributed by atoms with van der Waals surface area (Å²) in [6.07, 6.45) is 0.766. The van der Waals surface area contributed by atoms with Gasteiger partial charge in [0.15, 0.2) is 5.11 Å². The van der Waals surface area contributed by atoms with Crippen molar-refractivity contribution < 1.29 is 4.79 Å². The van der Waals surface area contributed by atoms with Crippen LogP contribution in [0.1, 0.15) is 11.1 Å². The Balaban J connectivity index is 2.03. The van der Waals surface area contributed by atoms with Crippen LogP contribution in [0.2, 0.25) is 0 Å². The van der Waals surface area contributed by atoms with Crippen LogP contribution < -0.4 is 5.32 Å². The Morgan fingerprint density at radius 3 is 2.87 bits per heavy atom. The average Bonchev–Trinajstić information content (AvgIpc) is 2.52. The maximum atomic E-state index is 11.6. The van der Waals surface area contributed by atoms with E-state index in [2.05, 4.69) is 17.4 Å². The molecule has 1 atom stereocenters. The molecule has 2 aliphatic heterocycles. The number of rotatable bonds is 0. The van der Waals surface area contributed by atoms with E-state index in [1.165, 1.54) is 11.1 Å². The topological polar surface area (TPSA) is 32.3 Å². The highest BCUT2D eigenvalue weighted by atomic mass is 32.1. The molecule has 1 saturated heterocycles. The van der Waals surface area contributed by atoms with Gasteiger partial charge in [-0.3, -0.25) is 4.79 Å². The van der Waals surface area contributed by atoms with E-state index in [0.29, 0.717) is 5.11 Å². The molecule has 3 rings (SSSR count). The van der Waals surface area contributed by atoms with Crippen molar-refractivity contribution in [2.24, 2.45) is 0 Å². The molecule has 2 heterocycles. The first-order chi connectivity index (χ1) is 7.25. The number of benzene rings is 1. The van der Waals surface area contributed by atoms with Crippen LogP contribution >= 0.6 is 12.2 Å². The molecule has 1 aromatic rings. The summed E-state index contributed by atoms with van der Waals surface area (Å²) in [7, 11) is 0. The molecule has 0 saturated carbocycles. The summed E-state index contributed by atoms with van der Waals surface area (Å²) in [4.78, 5) is 13.6. The van der Waals surface area contributed by atoms with Crippen LogP contribution in [-0.4, -0.2) is 22.0 Å². The molecule has 3 nitrogen and oxygen atoms in total. The highest BCUT2D eigenvalue weighted by Gasteiger charge is 2.38. The monoisotopic (exact) mass is 218 g/mol. The van der Waals surface area contributed by atoms with Crippen LogP contribution in [0, 0.1) is 0 Å². The Morgan fingerprint density at radius 2 is 2.07 bits per heavy atom. The summed E-state index contributed by atoms with van der Waals surface area (Å²) >= 11 is 5.12. The first-order valence-corrected chi connectivity index (χ1v) is 5.35. The molecule has 1 fully saturated rings. The molecule has 1 amide bonds. The van der Waals surface area contributed by atoms with Crippen molar-refractivity contribution >= 4 is 23.2 Å². The molecule has 15 heavy (non-hydrogen) atoms. The molecule has 76 valence electrons. The van der Waals surface area contributed by atoms with Gasteiger partial charge in [0.05, 0.1) is 0 Å². The summed E-state index contributed by atoms with van der Waals surface area (Å²) in [6, 6.07) is 8.12. The number of hydrogen-bond acceptors (Lipinski definition) is 2. The quantitative estimate of drug-likeness (QED) is 0.655. The van der Waals surface area contributed by atoms with Crippen LogP contribution in [-0.2, 0) is 17.8 Å². The third-order valence-corrected chi connectivity index (χ3v) is 3.38. The van der Waals surface area contributed by atoms with Gasteiger partial charge >= 0.3 is 0 Å². The second-order valence-corrected chi connectivity index (χ2v) is 4.30. The molecule has 0 aromatic heterocycles. The van der Waals surface area contributed by atoms with Crippen molar-refractivity contribution in [1.29, 1.82) is 0 Å². The molecule has 1 N–H and O–H groups in total. The zero-order chi connectivity index (χ0) is 10.4. The van der Waals surface area contributed by atoms with E-state index in [9.17, 15) is 4.79 Å². The van der Waals surface area contributed by atoms with Gasteiger partial charge in [-0.25, -0.2) is 0 Å². The lowest BCUT2D eigenvalue weighted by molar-refractivity contribution is -0.121. The molecule has 2 aliphatic rings. The van der Waals surface area contributed by atoms with Crippen molar-refractivity contribution in [3.8, 4) is 0 Å². The summed E-state index contributed by atoms with van der Waals surface area (Å²) in [5, 5.41) is 3.28. The van der Waals surface area contributed by atoms with Crippen molar-refractivity contribution in [3.63, 3.8) is 0 Å². The number of carbonyl (C=O) groups excluding carboxylic acids is 1. The Bertz CT molecular complexity index is 417. The highest BCUT2D eigenvalue weighted by molar-refractivity contribution is 7.80. The average molecular weight is 218 g/mol. The van der Waals surface area contributed by atoms with E-state index in [0.717, 1.165) is 13.0 Å². The highest BCUT2D eigenvalue weighted by Crippen LogP contribution is 2.25. The second kappa shape index (κ2) is 3.03. The van der Waals surface area contributed by atoms with Crippen molar-refractivity contribution in [3.05, 3.63) is 35.4 Å². The minimum absolute atomic E-state index is 0.0366. The number of nitrogens with zero attached hydrogens (tertiary/aromatic N) is 1. The first kappa shape index (κ1) is 8.85. The van der Waals surface area contributed by atoms with Crippen LogP contribution in [0.3, 0.4) is 0 Å². The summed E-state index contributed by atoms with van der Waals surface area (Å²) in [5.74, 6) is 0.0366. The molecule has 0 bridgehead atoms. The largest absolute Gasteiger partial charge is 0.332 e.